The Kier molecular flexibility index (Phi) is 14.7. The van der Waals surface area contributed by atoms with Gasteiger partial charge in [0, 0.05) is 40.5 Å². The Morgan fingerprint density at radius 3 is 2.48 bits per heavy atom. The monoisotopic (exact) mass is 468 g/mol. The van der Waals surface area contributed by atoms with E-state index in [2.05, 4.69) is 32.7 Å². The fourth-order valence-electron chi connectivity index (χ4n) is 1.91. The standard InChI is InChI=1S/C16H32N6O2.HI/c1-5-6-10-24-11-7-8-17-16(18-9-12-23-4)19-13-15-21-20-14(2)22(15)3;/h5-13H2,1-4H3,(H2,17,18,19);1H. The smallest absolute Gasteiger partial charge is 0.191 e. The van der Waals surface area contributed by atoms with Crippen LogP contribution in [0.25, 0.3) is 0 Å². The zero-order chi connectivity index (χ0) is 17.6. The fraction of sp³-hybridized carbons (Fsp3) is 0.812. The molecule has 0 saturated carbocycles. The Morgan fingerprint density at radius 2 is 1.84 bits per heavy atom. The molecule has 0 fully saturated rings. The highest BCUT2D eigenvalue weighted by Crippen LogP contribution is 1.99. The second-order valence-electron chi connectivity index (χ2n) is 5.55. The summed E-state index contributed by atoms with van der Waals surface area (Å²) in [6, 6.07) is 0. The molecule has 1 aromatic heterocycles. The van der Waals surface area contributed by atoms with E-state index in [1.165, 1.54) is 6.42 Å². The lowest BCUT2D eigenvalue weighted by molar-refractivity contribution is 0.129. The predicted molar refractivity (Wildman–Crippen MR) is 111 cm³/mol. The summed E-state index contributed by atoms with van der Waals surface area (Å²) in [5.74, 6) is 2.47. The molecule has 25 heavy (non-hydrogen) atoms. The number of aliphatic imine (C=N–C) groups is 1. The number of unbranched alkanes of at least 4 members (excludes halogenated alkanes) is 1. The van der Waals surface area contributed by atoms with Gasteiger partial charge in [-0.15, -0.1) is 34.2 Å². The third-order valence-electron chi connectivity index (χ3n) is 3.56. The molecule has 0 atom stereocenters. The molecule has 0 bridgehead atoms. The summed E-state index contributed by atoms with van der Waals surface area (Å²) in [5, 5.41) is 14.7. The van der Waals surface area contributed by atoms with Crippen molar-refractivity contribution in [2.24, 2.45) is 12.0 Å². The van der Waals surface area contributed by atoms with E-state index < -0.39 is 0 Å². The number of rotatable bonds is 12. The maximum Gasteiger partial charge on any atom is 0.191 e. The summed E-state index contributed by atoms with van der Waals surface area (Å²) in [6.07, 6.45) is 3.23. The van der Waals surface area contributed by atoms with Crippen LogP contribution in [0.1, 0.15) is 37.8 Å². The second-order valence-corrected chi connectivity index (χ2v) is 5.55. The largest absolute Gasteiger partial charge is 0.383 e. The summed E-state index contributed by atoms with van der Waals surface area (Å²) in [7, 11) is 3.63. The minimum atomic E-state index is 0. The molecule has 146 valence electrons. The van der Waals surface area contributed by atoms with E-state index in [1.54, 1.807) is 7.11 Å². The SMILES string of the molecule is CCCCOCCCNC(=NCc1nnc(C)n1C)NCCOC.I. The van der Waals surface area contributed by atoms with Crippen molar-refractivity contribution in [2.75, 3.05) is 40.0 Å². The van der Waals surface area contributed by atoms with Gasteiger partial charge in [-0.3, -0.25) is 0 Å². The molecule has 8 nitrogen and oxygen atoms in total. The highest BCUT2D eigenvalue weighted by atomic mass is 127. The van der Waals surface area contributed by atoms with Gasteiger partial charge in [-0.25, -0.2) is 4.99 Å². The van der Waals surface area contributed by atoms with Gasteiger partial charge in [-0.2, -0.15) is 0 Å². The van der Waals surface area contributed by atoms with Crippen molar-refractivity contribution in [1.82, 2.24) is 25.4 Å². The highest BCUT2D eigenvalue weighted by molar-refractivity contribution is 14.0. The summed E-state index contributed by atoms with van der Waals surface area (Å²) < 4.78 is 12.6. The molecular formula is C16H33IN6O2. The van der Waals surface area contributed by atoms with Crippen molar-refractivity contribution in [3.8, 4) is 0 Å². The van der Waals surface area contributed by atoms with Crippen molar-refractivity contribution in [3.63, 3.8) is 0 Å². The minimum absolute atomic E-state index is 0. The lowest BCUT2D eigenvalue weighted by Gasteiger charge is -2.12. The lowest BCUT2D eigenvalue weighted by Crippen LogP contribution is -2.39. The summed E-state index contributed by atoms with van der Waals surface area (Å²) in [4.78, 5) is 4.56. The number of ether oxygens (including phenoxy) is 2. The average Bonchev–Trinajstić information content (AvgIpc) is 2.90. The minimum Gasteiger partial charge on any atom is -0.383 e. The molecule has 1 aromatic rings. The van der Waals surface area contributed by atoms with Crippen LogP contribution in [0.15, 0.2) is 4.99 Å². The van der Waals surface area contributed by atoms with Crippen LogP contribution in [0, 0.1) is 6.92 Å². The van der Waals surface area contributed by atoms with Crippen LogP contribution < -0.4 is 10.6 Å². The van der Waals surface area contributed by atoms with Gasteiger partial charge in [-0.1, -0.05) is 13.3 Å². The molecule has 2 N–H and O–H groups in total. The Hall–Kier alpha value is -0.940. The summed E-state index contributed by atoms with van der Waals surface area (Å²) in [5.41, 5.74) is 0. The van der Waals surface area contributed by atoms with Crippen molar-refractivity contribution >= 4 is 29.9 Å². The normalized spacial score (nSPS) is 11.3. The first-order valence-corrected chi connectivity index (χ1v) is 8.62. The molecule has 0 amide bonds. The van der Waals surface area contributed by atoms with Crippen molar-refractivity contribution in [1.29, 1.82) is 0 Å². The zero-order valence-electron chi connectivity index (χ0n) is 15.9. The molecule has 0 aliphatic carbocycles. The fourth-order valence-corrected chi connectivity index (χ4v) is 1.91. The number of halogens is 1. The van der Waals surface area contributed by atoms with Gasteiger partial charge in [0.05, 0.1) is 6.61 Å². The Morgan fingerprint density at radius 1 is 1.12 bits per heavy atom. The highest BCUT2D eigenvalue weighted by Gasteiger charge is 2.05. The number of hydrogen-bond acceptors (Lipinski definition) is 5. The molecule has 0 unspecified atom stereocenters. The van der Waals surface area contributed by atoms with E-state index in [4.69, 9.17) is 9.47 Å². The van der Waals surface area contributed by atoms with Gasteiger partial charge >= 0.3 is 0 Å². The quantitative estimate of drug-likeness (QED) is 0.210. The number of methoxy groups -OCH3 is 1. The summed E-state index contributed by atoms with van der Waals surface area (Å²) >= 11 is 0. The summed E-state index contributed by atoms with van der Waals surface area (Å²) in [6.45, 7) is 8.31. The second kappa shape index (κ2) is 15.3. The van der Waals surface area contributed by atoms with Gasteiger partial charge in [0.15, 0.2) is 11.8 Å². The van der Waals surface area contributed by atoms with Crippen LogP contribution in [0.5, 0.6) is 0 Å². The van der Waals surface area contributed by atoms with E-state index in [1.807, 2.05) is 18.5 Å². The molecule has 0 aliphatic heterocycles. The van der Waals surface area contributed by atoms with Gasteiger partial charge in [0.2, 0.25) is 0 Å². The molecule has 0 aromatic carbocycles. The van der Waals surface area contributed by atoms with Crippen LogP contribution in [-0.4, -0.2) is 60.7 Å². The van der Waals surface area contributed by atoms with E-state index >= 15 is 0 Å². The molecule has 0 saturated heterocycles. The third-order valence-corrected chi connectivity index (χ3v) is 3.56. The molecule has 1 rings (SSSR count). The molecule has 0 aliphatic rings. The Bertz CT molecular complexity index is 481. The number of nitrogens with zero attached hydrogens (tertiary/aromatic N) is 4. The van der Waals surface area contributed by atoms with Gasteiger partial charge in [-0.05, 0) is 19.8 Å². The van der Waals surface area contributed by atoms with Gasteiger partial charge in [0.25, 0.3) is 0 Å². The van der Waals surface area contributed by atoms with Crippen LogP contribution in [0.2, 0.25) is 0 Å². The predicted octanol–water partition coefficient (Wildman–Crippen LogP) is 1.63. The number of nitrogens with one attached hydrogen (secondary N) is 2. The molecule has 9 heteroatoms. The van der Waals surface area contributed by atoms with E-state index in [9.17, 15) is 0 Å². The van der Waals surface area contributed by atoms with Crippen LogP contribution >= 0.6 is 24.0 Å². The van der Waals surface area contributed by atoms with Crippen molar-refractivity contribution < 1.29 is 9.47 Å². The van der Waals surface area contributed by atoms with Gasteiger partial charge < -0.3 is 24.7 Å². The first-order valence-electron chi connectivity index (χ1n) is 8.62. The first kappa shape index (κ1) is 24.1. The van der Waals surface area contributed by atoms with Crippen LogP contribution in [0.4, 0.5) is 0 Å². The number of aryl methyl sites for hydroxylation is 1. The lowest BCUT2D eigenvalue weighted by atomic mass is 10.4. The van der Waals surface area contributed by atoms with E-state index in [0.717, 1.165) is 50.2 Å². The molecule has 0 radical (unpaired) electrons. The van der Waals surface area contributed by atoms with Crippen LogP contribution in [0.3, 0.4) is 0 Å². The van der Waals surface area contributed by atoms with Crippen molar-refractivity contribution in [3.05, 3.63) is 11.6 Å². The first-order chi connectivity index (χ1) is 11.7. The van der Waals surface area contributed by atoms with E-state index in [0.29, 0.717) is 19.7 Å². The average molecular weight is 468 g/mol. The number of aromatic nitrogens is 3. The maximum absolute atomic E-state index is 5.56. The van der Waals surface area contributed by atoms with E-state index in [-0.39, 0.29) is 24.0 Å². The topological polar surface area (TPSA) is 85.6 Å². The van der Waals surface area contributed by atoms with Gasteiger partial charge in [0.1, 0.15) is 12.4 Å². The van der Waals surface area contributed by atoms with Crippen molar-refractivity contribution in [2.45, 2.75) is 39.7 Å². The zero-order valence-corrected chi connectivity index (χ0v) is 18.2. The maximum atomic E-state index is 5.56. The Labute approximate surface area is 168 Å². The Balaban J connectivity index is 0.00000576. The molecule has 1 heterocycles. The molecular weight excluding hydrogens is 435 g/mol. The third kappa shape index (κ3) is 10.6. The van der Waals surface area contributed by atoms with Crippen LogP contribution in [-0.2, 0) is 23.1 Å². The molecule has 0 spiro atoms. The number of guanidine groups is 1. The number of hydrogen-bond donors (Lipinski definition) is 2.